The van der Waals surface area contributed by atoms with Crippen LogP contribution in [0.1, 0.15) is 19.8 Å². The third kappa shape index (κ3) is 4.19. The maximum atomic E-state index is 11.8. The Hall–Kier alpha value is -1.59. The lowest BCUT2D eigenvalue weighted by Gasteiger charge is -2.22. The lowest BCUT2D eigenvalue weighted by Crippen LogP contribution is -2.43. The average Bonchev–Trinajstić information content (AvgIpc) is 2.94. The van der Waals surface area contributed by atoms with E-state index in [1.54, 1.807) is 24.3 Å². The molecule has 1 aliphatic heterocycles. The fourth-order valence-corrected chi connectivity index (χ4v) is 2.76. The number of halogens is 1. The van der Waals surface area contributed by atoms with Gasteiger partial charge in [-0.25, -0.2) is 0 Å². The predicted octanol–water partition coefficient (Wildman–Crippen LogP) is 1.88. The topological polar surface area (TPSA) is 61.4 Å². The second-order valence-corrected chi connectivity index (χ2v) is 5.48. The van der Waals surface area contributed by atoms with Crippen LogP contribution in [-0.2, 0) is 9.59 Å². The third-order valence-electron chi connectivity index (χ3n) is 3.73. The molecular formula is C15H20ClN3O2. The molecule has 114 valence electrons. The highest BCUT2D eigenvalue weighted by Gasteiger charge is 2.24. The van der Waals surface area contributed by atoms with Gasteiger partial charge in [0, 0.05) is 12.6 Å². The Morgan fingerprint density at radius 3 is 2.81 bits per heavy atom. The van der Waals surface area contributed by atoms with Crippen LogP contribution in [0.2, 0.25) is 5.02 Å². The normalized spacial score (nSPS) is 18.5. The Morgan fingerprint density at radius 2 is 2.10 bits per heavy atom. The molecule has 0 spiro atoms. The van der Waals surface area contributed by atoms with Crippen LogP contribution in [-0.4, -0.2) is 42.4 Å². The maximum Gasteiger partial charge on any atom is 0.313 e. The molecule has 1 atom stereocenters. The molecule has 1 saturated heterocycles. The molecule has 2 amide bonds. The first-order valence-electron chi connectivity index (χ1n) is 7.19. The number of nitrogens with zero attached hydrogens (tertiary/aromatic N) is 1. The first-order valence-corrected chi connectivity index (χ1v) is 7.57. The molecule has 1 fully saturated rings. The molecular weight excluding hydrogens is 290 g/mol. The SMILES string of the molecule is CCN1CCC[C@@H]1CNC(=O)C(=O)Nc1ccccc1Cl. The second kappa shape index (κ2) is 7.43. The largest absolute Gasteiger partial charge is 0.346 e. The first-order chi connectivity index (χ1) is 10.1. The molecule has 0 radical (unpaired) electrons. The van der Waals surface area contributed by atoms with Gasteiger partial charge in [-0.05, 0) is 38.1 Å². The third-order valence-corrected chi connectivity index (χ3v) is 4.06. The Morgan fingerprint density at radius 1 is 1.33 bits per heavy atom. The monoisotopic (exact) mass is 309 g/mol. The van der Waals surface area contributed by atoms with Gasteiger partial charge in [0.05, 0.1) is 10.7 Å². The van der Waals surface area contributed by atoms with Gasteiger partial charge in [-0.3, -0.25) is 14.5 Å². The second-order valence-electron chi connectivity index (χ2n) is 5.07. The molecule has 0 saturated carbocycles. The van der Waals surface area contributed by atoms with Crippen LogP contribution >= 0.6 is 11.6 Å². The zero-order chi connectivity index (χ0) is 15.2. The number of hydrogen-bond donors (Lipinski definition) is 2. The lowest BCUT2D eigenvalue weighted by atomic mass is 10.2. The number of nitrogens with one attached hydrogen (secondary N) is 2. The summed E-state index contributed by atoms with van der Waals surface area (Å²) in [6.07, 6.45) is 2.19. The number of para-hydroxylation sites is 1. The van der Waals surface area contributed by atoms with Crippen LogP contribution in [0.4, 0.5) is 5.69 Å². The summed E-state index contributed by atoms with van der Waals surface area (Å²) < 4.78 is 0. The summed E-state index contributed by atoms with van der Waals surface area (Å²) in [5.41, 5.74) is 0.440. The molecule has 1 aliphatic rings. The summed E-state index contributed by atoms with van der Waals surface area (Å²) in [5, 5.41) is 5.62. The van der Waals surface area contributed by atoms with E-state index in [4.69, 9.17) is 11.6 Å². The zero-order valence-electron chi connectivity index (χ0n) is 12.1. The molecule has 1 aromatic rings. The van der Waals surface area contributed by atoms with E-state index in [9.17, 15) is 9.59 Å². The lowest BCUT2D eigenvalue weighted by molar-refractivity contribution is -0.136. The minimum atomic E-state index is -0.691. The Kier molecular flexibility index (Phi) is 5.59. The van der Waals surface area contributed by atoms with E-state index in [1.807, 2.05) is 0 Å². The Labute approximate surface area is 129 Å². The van der Waals surface area contributed by atoms with Gasteiger partial charge in [0.2, 0.25) is 0 Å². The highest BCUT2D eigenvalue weighted by atomic mass is 35.5. The summed E-state index contributed by atoms with van der Waals surface area (Å²) in [6, 6.07) is 7.15. The van der Waals surface area contributed by atoms with E-state index in [-0.39, 0.29) is 0 Å². The van der Waals surface area contributed by atoms with Gasteiger partial charge in [-0.2, -0.15) is 0 Å². The molecule has 1 heterocycles. The van der Waals surface area contributed by atoms with Crippen LogP contribution < -0.4 is 10.6 Å². The molecule has 1 aromatic carbocycles. The number of rotatable bonds is 4. The van der Waals surface area contributed by atoms with Crippen molar-refractivity contribution in [3.8, 4) is 0 Å². The number of amides is 2. The Bertz CT molecular complexity index is 521. The summed E-state index contributed by atoms with van der Waals surface area (Å²) in [4.78, 5) is 26.0. The number of likely N-dealkylation sites (N-methyl/N-ethyl adjacent to an activating group) is 1. The smallest absolute Gasteiger partial charge is 0.313 e. The van der Waals surface area contributed by atoms with E-state index in [0.717, 1.165) is 25.9 Å². The van der Waals surface area contributed by atoms with Crippen molar-refractivity contribution in [2.75, 3.05) is 25.0 Å². The first kappa shape index (κ1) is 15.8. The average molecular weight is 310 g/mol. The molecule has 0 bridgehead atoms. The van der Waals surface area contributed by atoms with Gasteiger partial charge >= 0.3 is 11.8 Å². The van der Waals surface area contributed by atoms with Gasteiger partial charge < -0.3 is 10.6 Å². The van der Waals surface area contributed by atoms with Crippen molar-refractivity contribution in [1.82, 2.24) is 10.2 Å². The fraction of sp³-hybridized carbons (Fsp3) is 0.467. The van der Waals surface area contributed by atoms with E-state index >= 15 is 0 Å². The number of hydrogen-bond acceptors (Lipinski definition) is 3. The molecule has 2 rings (SSSR count). The van der Waals surface area contributed by atoms with Crippen LogP contribution in [0.3, 0.4) is 0 Å². The number of benzene rings is 1. The van der Waals surface area contributed by atoms with E-state index in [0.29, 0.717) is 23.3 Å². The molecule has 0 aromatic heterocycles. The van der Waals surface area contributed by atoms with Crippen molar-refractivity contribution >= 4 is 29.1 Å². The van der Waals surface area contributed by atoms with E-state index < -0.39 is 11.8 Å². The molecule has 2 N–H and O–H groups in total. The van der Waals surface area contributed by atoms with Crippen LogP contribution in [0.15, 0.2) is 24.3 Å². The van der Waals surface area contributed by atoms with E-state index in [2.05, 4.69) is 22.5 Å². The highest BCUT2D eigenvalue weighted by Crippen LogP contribution is 2.20. The van der Waals surface area contributed by atoms with Crippen molar-refractivity contribution < 1.29 is 9.59 Å². The molecule has 21 heavy (non-hydrogen) atoms. The summed E-state index contributed by atoms with van der Waals surface area (Å²) in [7, 11) is 0. The van der Waals surface area contributed by atoms with Crippen LogP contribution in [0, 0.1) is 0 Å². The minimum absolute atomic E-state index is 0.326. The highest BCUT2D eigenvalue weighted by molar-refractivity contribution is 6.41. The maximum absolute atomic E-state index is 11.8. The van der Waals surface area contributed by atoms with Gasteiger partial charge in [-0.15, -0.1) is 0 Å². The van der Waals surface area contributed by atoms with Crippen molar-refractivity contribution in [3.63, 3.8) is 0 Å². The van der Waals surface area contributed by atoms with Crippen molar-refractivity contribution in [2.45, 2.75) is 25.8 Å². The quantitative estimate of drug-likeness (QED) is 0.835. The summed E-state index contributed by atoms with van der Waals surface area (Å²) in [5.74, 6) is -1.32. The predicted molar refractivity (Wildman–Crippen MR) is 83.4 cm³/mol. The molecule has 0 aliphatic carbocycles. The van der Waals surface area contributed by atoms with Crippen LogP contribution in [0.25, 0.3) is 0 Å². The van der Waals surface area contributed by atoms with Gasteiger partial charge in [0.1, 0.15) is 0 Å². The molecule has 6 heteroatoms. The Balaban J connectivity index is 1.83. The van der Waals surface area contributed by atoms with Crippen LogP contribution in [0.5, 0.6) is 0 Å². The van der Waals surface area contributed by atoms with Gasteiger partial charge in [0.15, 0.2) is 0 Å². The fourth-order valence-electron chi connectivity index (χ4n) is 2.58. The van der Waals surface area contributed by atoms with E-state index in [1.165, 1.54) is 0 Å². The summed E-state index contributed by atoms with van der Waals surface area (Å²) in [6.45, 7) is 4.63. The van der Waals surface area contributed by atoms with Gasteiger partial charge in [-0.1, -0.05) is 30.7 Å². The van der Waals surface area contributed by atoms with Gasteiger partial charge in [0.25, 0.3) is 0 Å². The number of likely N-dealkylation sites (tertiary alicyclic amines) is 1. The number of carbonyl (C=O) groups is 2. The summed E-state index contributed by atoms with van der Waals surface area (Å²) >= 11 is 5.94. The zero-order valence-corrected chi connectivity index (χ0v) is 12.8. The number of anilines is 1. The number of carbonyl (C=O) groups excluding carboxylic acids is 2. The van der Waals surface area contributed by atoms with Crippen molar-refractivity contribution in [1.29, 1.82) is 0 Å². The molecule has 0 unspecified atom stereocenters. The minimum Gasteiger partial charge on any atom is -0.346 e. The van der Waals surface area contributed by atoms with Crippen molar-refractivity contribution in [3.05, 3.63) is 29.3 Å². The standard InChI is InChI=1S/C15H20ClN3O2/c1-2-19-9-5-6-11(19)10-17-14(20)15(21)18-13-8-4-3-7-12(13)16/h3-4,7-8,11H,2,5-6,9-10H2,1H3,(H,17,20)(H,18,21)/t11-/m1/s1. The molecule has 5 nitrogen and oxygen atoms in total. The van der Waals surface area contributed by atoms with Crippen molar-refractivity contribution in [2.24, 2.45) is 0 Å².